The van der Waals surface area contributed by atoms with Gasteiger partial charge in [-0.2, -0.15) is 8.42 Å². The summed E-state index contributed by atoms with van der Waals surface area (Å²) in [5.41, 5.74) is 5.26. The highest BCUT2D eigenvalue weighted by Crippen LogP contribution is 2.17. The number of aliphatic hydroxyl groups is 4. The molecule has 1 rings (SSSR count). The Morgan fingerprint density at radius 3 is 1.88 bits per heavy atom. The van der Waals surface area contributed by atoms with E-state index in [2.05, 4.69) is 0 Å². The lowest BCUT2D eigenvalue weighted by atomic mass is 9.98. The van der Waals surface area contributed by atoms with Gasteiger partial charge < -0.3 is 30.9 Å². The quantitative estimate of drug-likeness (QED) is 0.233. The van der Waals surface area contributed by atoms with Crippen molar-refractivity contribution < 1.29 is 42.7 Å². The molecule has 1 aliphatic rings. The number of aliphatic hydroxyl groups excluding tert-OH is 4. The van der Waals surface area contributed by atoms with Gasteiger partial charge in [0.1, 0.15) is 18.3 Å². The van der Waals surface area contributed by atoms with Crippen LogP contribution in [0.15, 0.2) is 0 Å². The zero-order valence-corrected chi connectivity index (χ0v) is 9.30. The molecule has 1 aliphatic heterocycles. The predicted octanol–water partition coefficient (Wildman–Crippen LogP) is -3.91. The molecule has 1 saturated heterocycles. The van der Waals surface area contributed by atoms with Crippen LogP contribution in [0.25, 0.3) is 0 Å². The topological polar surface area (TPSA) is 191 Å². The first kappa shape index (κ1) is 16.6. The summed E-state index contributed by atoms with van der Waals surface area (Å²) < 4.78 is 36.3. The molecule has 0 unspecified atom stereocenters. The lowest BCUT2D eigenvalue weighted by Gasteiger charge is -2.38. The van der Waals surface area contributed by atoms with E-state index in [1.165, 1.54) is 0 Å². The van der Waals surface area contributed by atoms with Gasteiger partial charge in [0.25, 0.3) is 0 Å². The van der Waals surface area contributed by atoms with Crippen LogP contribution in [0.4, 0.5) is 0 Å². The van der Waals surface area contributed by atoms with E-state index < -0.39 is 47.6 Å². The number of hydrogen-bond donors (Lipinski definition) is 7. The van der Waals surface area contributed by atoms with Gasteiger partial charge in [-0.05, 0) is 0 Å². The fourth-order valence-electron chi connectivity index (χ4n) is 1.12. The van der Waals surface area contributed by atoms with Crippen molar-refractivity contribution in [2.45, 2.75) is 30.6 Å². The molecule has 104 valence electrons. The van der Waals surface area contributed by atoms with Gasteiger partial charge in [-0.15, -0.1) is 0 Å². The molecule has 5 atom stereocenters. The van der Waals surface area contributed by atoms with Crippen molar-refractivity contribution in [3.63, 3.8) is 0 Å². The fourth-order valence-corrected chi connectivity index (χ4v) is 1.12. The van der Waals surface area contributed by atoms with Crippen LogP contribution in [-0.4, -0.2) is 75.2 Å². The average Bonchev–Trinajstić information content (AvgIpc) is 2.18. The molecule has 11 heteroatoms. The Labute approximate surface area is 96.8 Å². The second-order valence-electron chi connectivity index (χ2n) is 3.25. The summed E-state index contributed by atoms with van der Waals surface area (Å²) in [5, 5.41) is 36.1. The second-order valence-corrected chi connectivity index (χ2v) is 4.15. The number of nitrogens with two attached hydrogens (primary N) is 1. The smallest absolute Gasteiger partial charge is 0.394 e. The first-order chi connectivity index (χ1) is 7.57. The SMILES string of the molecule is N[C@@H]1[C@@H](O)[C@H](O)[C@@H](CO)O[C@H]1O.O=S(=O)(O)O. The van der Waals surface area contributed by atoms with Crippen molar-refractivity contribution >= 4 is 10.4 Å². The molecule has 0 radical (unpaired) electrons. The molecule has 0 saturated carbocycles. The molecule has 0 bridgehead atoms. The summed E-state index contributed by atoms with van der Waals surface area (Å²) in [7, 11) is -4.67. The Hall–Kier alpha value is -0.370. The minimum Gasteiger partial charge on any atom is -0.394 e. The van der Waals surface area contributed by atoms with Gasteiger partial charge in [-0.25, -0.2) is 0 Å². The minimum absolute atomic E-state index is 0.470. The third kappa shape index (κ3) is 6.21. The summed E-state index contributed by atoms with van der Waals surface area (Å²) in [4.78, 5) is 0. The van der Waals surface area contributed by atoms with Gasteiger partial charge in [0.05, 0.1) is 12.6 Å². The zero-order valence-electron chi connectivity index (χ0n) is 8.49. The van der Waals surface area contributed by atoms with E-state index in [0.717, 1.165) is 0 Å². The third-order valence-corrected chi connectivity index (χ3v) is 1.95. The second kappa shape index (κ2) is 6.53. The minimum atomic E-state index is -4.67. The molecule has 10 nitrogen and oxygen atoms in total. The van der Waals surface area contributed by atoms with Gasteiger partial charge in [0.15, 0.2) is 6.29 Å². The number of ether oxygens (including phenoxy) is 1. The van der Waals surface area contributed by atoms with Crippen molar-refractivity contribution in [1.82, 2.24) is 0 Å². The number of rotatable bonds is 1. The zero-order chi connectivity index (χ0) is 13.8. The fraction of sp³-hybridized carbons (Fsp3) is 1.00. The summed E-state index contributed by atoms with van der Waals surface area (Å²) in [6, 6.07) is -1.04. The van der Waals surface area contributed by atoms with Crippen LogP contribution < -0.4 is 5.73 Å². The Bertz CT molecular complexity index is 307. The van der Waals surface area contributed by atoms with Crippen molar-refractivity contribution in [2.24, 2.45) is 5.73 Å². The molecule has 0 spiro atoms. The summed E-state index contributed by atoms with van der Waals surface area (Å²) >= 11 is 0. The van der Waals surface area contributed by atoms with Crippen LogP contribution in [0.3, 0.4) is 0 Å². The summed E-state index contributed by atoms with van der Waals surface area (Å²) in [6.07, 6.45) is -4.85. The predicted molar refractivity (Wildman–Crippen MR) is 52.1 cm³/mol. The lowest BCUT2D eigenvalue weighted by Crippen LogP contribution is -2.61. The van der Waals surface area contributed by atoms with E-state index >= 15 is 0 Å². The van der Waals surface area contributed by atoms with E-state index in [1.54, 1.807) is 0 Å². The molecule has 0 aliphatic carbocycles. The Kier molecular flexibility index (Phi) is 6.39. The maximum Gasteiger partial charge on any atom is 0.394 e. The molecular formula is C6H15NO9S. The maximum atomic E-state index is 9.20. The van der Waals surface area contributed by atoms with E-state index in [0.29, 0.717) is 0 Å². The lowest BCUT2D eigenvalue weighted by molar-refractivity contribution is -0.248. The molecule has 17 heavy (non-hydrogen) atoms. The highest BCUT2D eigenvalue weighted by molar-refractivity contribution is 7.79. The molecular weight excluding hydrogens is 262 g/mol. The molecule has 0 aromatic heterocycles. The van der Waals surface area contributed by atoms with Crippen LogP contribution in [0.5, 0.6) is 0 Å². The Morgan fingerprint density at radius 1 is 1.12 bits per heavy atom. The first-order valence-corrected chi connectivity index (χ1v) is 5.73. The van der Waals surface area contributed by atoms with Gasteiger partial charge in [0.2, 0.25) is 0 Å². The van der Waals surface area contributed by atoms with E-state index in [1.807, 2.05) is 0 Å². The van der Waals surface area contributed by atoms with Crippen LogP contribution >= 0.6 is 0 Å². The van der Waals surface area contributed by atoms with Crippen LogP contribution in [0.2, 0.25) is 0 Å². The molecule has 1 heterocycles. The molecule has 1 fully saturated rings. The highest BCUT2D eigenvalue weighted by Gasteiger charge is 2.41. The average molecular weight is 277 g/mol. The van der Waals surface area contributed by atoms with Gasteiger partial charge >= 0.3 is 10.4 Å². The van der Waals surface area contributed by atoms with Crippen molar-refractivity contribution in [3.8, 4) is 0 Å². The Balaban J connectivity index is 0.000000437. The maximum absolute atomic E-state index is 9.20. The number of hydrogen-bond acceptors (Lipinski definition) is 8. The van der Waals surface area contributed by atoms with Crippen molar-refractivity contribution in [1.29, 1.82) is 0 Å². The highest BCUT2D eigenvalue weighted by atomic mass is 32.3. The van der Waals surface area contributed by atoms with Crippen molar-refractivity contribution in [3.05, 3.63) is 0 Å². The summed E-state index contributed by atoms with van der Waals surface area (Å²) in [5.74, 6) is 0. The largest absolute Gasteiger partial charge is 0.394 e. The third-order valence-electron chi connectivity index (χ3n) is 1.95. The normalized spacial score (nSPS) is 38.2. The van der Waals surface area contributed by atoms with Gasteiger partial charge in [-0.1, -0.05) is 0 Å². The monoisotopic (exact) mass is 277 g/mol. The summed E-state index contributed by atoms with van der Waals surface area (Å²) in [6.45, 7) is -0.470. The molecule has 0 amide bonds. The van der Waals surface area contributed by atoms with Gasteiger partial charge in [0, 0.05) is 0 Å². The van der Waals surface area contributed by atoms with E-state index in [-0.39, 0.29) is 0 Å². The molecule has 0 aromatic carbocycles. The first-order valence-electron chi connectivity index (χ1n) is 4.34. The van der Waals surface area contributed by atoms with Crippen LogP contribution in [0.1, 0.15) is 0 Å². The van der Waals surface area contributed by atoms with E-state index in [4.69, 9.17) is 38.2 Å². The van der Waals surface area contributed by atoms with Gasteiger partial charge in [-0.3, -0.25) is 9.11 Å². The molecule has 0 aromatic rings. The van der Waals surface area contributed by atoms with Crippen molar-refractivity contribution in [2.75, 3.05) is 6.61 Å². The van der Waals surface area contributed by atoms with Crippen LogP contribution in [0, 0.1) is 0 Å². The molecule has 8 N–H and O–H groups in total. The standard InChI is InChI=1S/C6H13NO5.H2O4S/c7-3-5(10)4(9)2(1-8)12-6(3)11;1-5(2,3)4/h2-6,8-11H,1,7H2;(H2,1,2,3,4)/t2-,3-,4-,5-,6-;/m1./s1. The van der Waals surface area contributed by atoms with E-state index in [9.17, 15) is 10.2 Å². The Morgan fingerprint density at radius 2 is 1.53 bits per heavy atom. The van der Waals surface area contributed by atoms with Crippen LogP contribution in [-0.2, 0) is 15.1 Å².